The summed E-state index contributed by atoms with van der Waals surface area (Å²) >= 11 is 12.1. The van der Waals surface area contributed by atoms with Gasteiger partial charge in [0.15, 0.2) is 5.78 Å². The quantitative estimate of drug-likeness (QED) is 0.0973. The number of hydrogen-bond donors (Lipinski definition) is 1. The van der Waals surface area contributed by atoms with Gasteiger partial charge in [-0.25, -0.2) is 25.6 Å². The van der Waals surface area contributed by atoms with Crippen molar-refractivity contribution in [1.82, 2.24) is 15.5 Å². The smallest absolute Gasteiger partial charge is 0.413 e. The number of ketones is 1. The molecule has 1 heterocycles. The number of nitrogens with one attached hydrogen (secondary N) is 1. The van der Waals surface area contributed by atoms with Gasteiger partial charge in [-0.15, -0.1) is 10.2 Å². The number of carbonyl (C=O) groups excluding carboxylic acids is 2. The van der Waals surface area contributed by atoms with Crippen LogP contribution in [0, 0.1) is 11.6 Å². The first-order valence-electron chi connectivity index (χ1n) is 16.1. The van der Waals surface area contributed by atoms with Crippen LogP contribution in [0.15, 0.2) is 89.3 Å². The van der Waals surface area contributed by atoms with Gasteiger partial charge in [-0.2, -0.15) is 26.3 Å². The summed E-state index contributed by atoms with van der Waals surface area (Å²) in [6.07, 6.45) is -8.12. The van der Waals surface area contributed by atoms with Crippen LogP contribution < -0.4 is 13.9 Å². The highest BCUT2D eigenvalue weighted by molar-refractivity contribution is 7.92. The highest BCUT2D eigenvalue weighted by Crippen LogP contribution is 2.33. The Balaban J connectivity index is 0.000000261. The zero-order valence-corrected chi connectivity index (χ0v) is 33.1. The van der Waals surface area contributed by atoms with Gasteiger partial charge in [0.05, 0.1) is 53.6 Å². The van der Waals surface area contributed by atoms with E-state index in [9.17, 15) is 61.5 Å². The maximum Gasteiger partial charge on any atom is 0.471 e. The number of sulfonamides is 2. The summed E-state index contributed by atoms with van der Waals surface area (Å²) in [4.78, 5) is 22.7. The molecule has 0 unspecified atom stereocenters. The topological polar surface area (TPSA) is 160 Å². The lowest BCUT2D eigenvalue weighted by Crippen LogP contribution is -2.39. The van der Waals surface area contributed by atoms with E-state index in [2.05, 4.69) is 14.6 Å². The largest absolute Gasteiger partial charge is 0.471 e. The lowest BCUT2D eigenvalue weighted by molar-refractivity contribution is -0.173. The van der Waals surface area contributed by atoms with Crippen LogP contribution >= 0.6 is 23.2 Å². The minimum Gasteiger partial charge on any atom is -0.413 e. The number of halogens is 10. The third-order valence-electron chi connectivity index (χ3n) is 7.68. The van der Waals surface area contributed by atoms with Gasteiger partial charge in [0.1, 0.15) is 11.6 Å². The molecule has 0 fully saturated rings. The number of Topliss-reactive ketones (excluding diaryl/α,β-unsaturated/α-hetero) is 1. The minimum absolute atomic E-state index is 0.0327. The zero-order valence-electron chi connectivity index (χ0n) is 29.9. The van der Waals surface area contributed by atoms with Crippen LogP contribution in [0.4, 0.5) is 46.5 Å². The number of anilines is 2. The van der Waals surface area contributed by atoms with Gasteiger partial charge >= 0.3 is 24.2 Å². The van der Waals surface area contributed by atoms with Gasteiger partial charge in [0.2, 0.25) is 25.9 Å². The first kappa shape index (κ1) is 46.4. The summed E-state index contributed by atoms with van der Waals surface area (Å²) in [5.41, 5.74) is -0.228. The second-order valence-electron chi connectivity index (χ2n) is 12.1. The van der Waals surface area contributed by atoms with Crippen molar-refractivity contribution in [2.45, 2.75) is 25.4 Å². The highest BCUT2D eigenvalue weighted by atomic mass is 35.5. The summed E-state index contributed by atoms with van der Waals surface area (Å²) in [5, 5.41) is 7.81. The third kappa shape index (κ3) is 12.3. The molecule has 12 nitrogen and oxygen atoms in total. The lowest BCUT2D eigenvalue weighted by Gasteiger charge is -2.23. The number of nitrogens with zero attached hydrogens (tertiary/aromatic N) is 4. The highest BCUT2D eigenvalue weighted by Gasteiger charge is 2.39. The molecule has 0 spiro atoms. The van der Waals surface area contributed by atoms with Crippen LogP contribution in [0.2, 0.25) is 10.0 Å². The molecule has 1 aromatic heterocycles. The van der Waals surface area contributed by atoms with E-state index in [1.165, 1.54) is 41.7 Å². The molecule has 0 bridgehead atoms. The number of rotatable bonds is 12. The maximum absolute atomic E-state index is 14.6. The molecule has 1 amide bonds. The van der Waals surface area contributed by atoms with Crippen LogP contribution in [-0.4, -0.2) is 64.0 Å². The van der Waals surface area contributed by atoms with Crippen molar-refractivity contribution >= 4 is 66.3 Å². The molecular formula is C35H27Cl2F8N5O7S2. The van der Waals surface area contributed by atoms with Gasteiger partial charge < -0.3 is 9.73 Å². The number of carbonyl (C=O) groups is 2. The molecule has 5 rings (SSSR count). The van der Waals surface area contributed by atoms with Crippen molar-refractivity contribution in [3.63, 3.8) is 0 Å². The predicted molar refractivity (Wildman–Crippen MR) is 199 cm³/mol. The van der Waals surface area contributed by atoms with Crippen molar-refractivity contribution < 1.29 is 66.0 Å². The van der Waals surface area contributed by atoms with E-state index in [4.69, 9.17) is 23.2 Å². The van der Waals surface area contributed by atoms with Crippen molar-refractivity contribution in [1.29, 1.82) is 0 Å². The second kappa shape index (κ2) is 18.3. The van der Waals surface area contributed by atoms with Crippen LogP contribution in [0.5, 0.6) is 0 Å². The van der Waals surface area contributed by atoms with E-state index >= 15 is 0 Å². The summed E-state index contributed by atoms with van der Waals surface area (Å²) in [7, 11) is -7.67. The van der Waals surface area contributed by atoms with Gasteiger partial charge in [-0.1, -0.05) is 65.7 Å². The molecule has 5 aromatic rings. The Morgan fingerprint density at radius 3 is 1.59 bits per heavy atom. The van der Waals surface area contributed by atoms with E-state index in [-0.39, 0.29) is 50.2 Å². The summed E-state index contributed by atoms with van der Waals surface area (Å²) in [5.74, 6) is -7.15. The number of aromatic nitrogens is 2. The first-order valence-corrected chi connectivity index (χ1v) is 20.5. The molecule has 0 atom stereocenters. The predicted octanol–water partition coefficient (Wildman–Crippen LogP) is 7.82. The standard InChI is InChI=1S/C18H15ClF4N2O4S.C17H12ClF4N3O3S/c1-30(28,29)25(15-5-3-2-4-13(15)19)10-12-7-6-11(8-14(12)20)16(26)9-24-17(27)18(21,22)23;1-29(26,27)25(14-5-3-2-4-12(14)18)9-11-7-6-10(8-13(11)19)15-23-24-16(28-15)17(20,21)22/h2-8H,9-10H2,1H3,(H,24,27);2-8H,9H2,1H3. The Hall–Kier alpha value is -5.32. The average molecular weight is 917 g/mol. The van der Waals surface area contributed by atoms with Gasteiger partial charge in [0.25, 0.3) is 0 Å². The van der Waals surface area contributed by atoms with E-state index in [0.29, 0.717) is 0 Å². The van der Waals surface area contributed by atoms with Crippen molar-refractivity contribution in [3.05, 3.63) is 129 Å². The van der Waals surface area contributed by atoms with Crippen LogP contribution in [0.25, 0.3) is 11.5 Å². The average Bonchev–Trinajstić information content (AvgIpc) is 3.64. The Kier molecular flexibility index (Phi) is 14.4. The molecule has 0 saturated carbocycles. The fourth-order valence-corrected chi connectivity index (χ4v) is 7.21. The normalized spacial score (nSPS) is 12.0. The Morgan fingerprint density at radius 2 is 1.19 bits per heavy atom. The third-order valence-corrected chi connectivity index (χ3v) is 10.6. The molecule has 0 aliphatic rings. The fraction of sp³-hybridized carbons (Fsp3) is 0.200. The van der Waals surface area contributed by atoms with Crippen molar-refractivity contribution in [2.24, 2.45) is 0 Å². The Bertz CT molecular complexity index is 2580. The van der Waals surface area contributed by atoms with Crippen LogP contribution in [0.3, 0.4) is 0 Å². The number of alkyl halides is 6. The molecule has 24 heteroatoms. The van der Waals surface area contributed by atoms with E-state index in [1.54, 1.807) is 24.3 Å². The van der Waals surface area contributed by atoms with E-state index in [0.717, 1.165) is 45.4 Å². The van der Waals surface area contributed by atoms with Crippen molar-refractivity contribution in [2.75, 3.05) is 27.7 Å². The second-order valence-corrected chi connectivity index (χ2v) is 16.7. The van der Waals surface area contributed by atoms with Gasteiger partial charge in [-0.3, -0.25) is 18.2 Å². The molecular weight excluding hydrogens is 889 g/mol. The number of amides is 1. The summed E-state index contributed by atoms with van der Waals surface area (Å²) in [6, 6.07) is 18.5. The van der Waals surface area contributed by atoms with Gasteiger partial charge in [-0.05, 0) is 42.5 Å². The van der Waals surface area contributed by atoms with E-state index < -0.39 is 80.6 Å². The SMILES string of the molecule is CS(=O)(=O)N(Cc1ccc(-c2nnc(C(F)(F)F)o2)cc1F)c1ccccc1Cl.CS(=O)(=O)N(Cc1ccc(C(=O)CNC(=O)C(F)(F)F)cc1F)c1ccccc1Cl. The monoisotopic (exact) mass is 915 g/mol. The Labute approximate surface area is 340 Å². The molecule has 0 radical (unpaired) electrons. The van der Waals surface area contributed by atoms with Crippen molar-refractivity contribution in [3.8, 4) is 11.5 Å². The maximum atomic E-state index is 14.6. The minimum atomic E-state index is -5.15. The number of hydrogen-bond acceptors (Lipinski definition) is 9. The molecule has 4 aromatic carbocycles. The molecule has 0 aliphatic heterocycles. The molecule has 0 aliphatic carbocycles. The fourth-order valence-electron chi connectivity index (χ4n) is 4.85. The van der Waals surface area contributed by atoms with Crippen LogP contribution in [-0.2, 0) is 44.1 Å². The molecule has 59 heavy (non-hydrogen) atoms. The zero-order chi connectivity index (χ0) is 44.1. The van der Waals surface area contributed by atoms with E-state index in [1.807, 2.05) is 0 Å². The number of benzene rings is 4. The van der Waals surface area contributed by atoms with Gasteiger partial charge in [0, 0.05) is 22.3 Å². The number of para-hydroxylation sites is 2. The van der Waals surface area contributed by atoms with Crippen LogP contribution in [0.1, 0.15) is 27.4 Å². The molecule has 316 valence electrons. The summed E-state index contributed by atoms with van der Waals surface area (Å²) in [6.45, 7) is -1.80. The molecule has 1 N–H and O–H groups in total. The molecule has 0 saturated heterocycles. The lowest BCUT2D eigenvalue weighted by atomic mass is 10.1. The summed E-state index contributed by atoms with van der Waals surface area (Å²) < 4.78 is 158. The Morgan fingerprint density at radius 1 is 0.712 bits per heavy atom. The first-order chi connectivity index (χ1) is 27.3.